The van der Waals surface area contributed by atoms with Crippen LogP contribution in [0.15, 0.2) is 29.2 Å². The van der Waals surface area contributed by atoms with Gasteiger partial charge >= 0.3 is 0 Å². The van der Waals surface area contributed by atoms with Crippen LogP contribution in [0.4, 0.5) is 0 Å². The van der Waals surface area contributed by atoms with Crippen LogP contribution in [-0.2, 0) is 19.6 Å². The lowest BCUT2D eigenvalue weighted by atomic mass is 10.1. The van der Waals surface area contributed by atoms with Crippen LogP contribution in [0.3, 0.4) is 0 Å². The Morgan fingerprint density at radius 3 is 2.38 bits per heavy atom. The number of rotatable bonds is 3. The summed E-state index contributed by atoms with van der Waals surface area (Å²) in [5.41, 5.74) is 0.578. The highest BCUT2D eigenvalue weighted by Gasteiger charge is 2.38. The van der Waals surface area contributed by atoms with Crippen molar-refractivity contribution in [2.45, 2.75) is 30.9 Å². The SMILES string of the molecule is CC(O)c1ccc(S(=O)(=O)N2CC(=O)NC(=O)C2C)cc1. The normalized spacial score (nSPS) is 22.0. The molecule has 2 N–H and O–H groups in total. The number of sulfonamides is 1. The number of carbonyl (C=O) groups excluding carboxylic acids is 2. The van der Waals surface area contributed by atoms with Crippen molar-refractivity contribution in [3.63, 3.8) is 0 Å². The molecule has 2 rings (SSSR count). The van der Waals surface area contributed by atoms with E-state index in [9.17, 15) is 23.1 Å². The van der Waals surface area contributed by atoms with Gasteiger partial charge in [0.25, 0.3) is 0 Å². The smallest absolute Gasteiger partial charge is 0.244 e. The van der Waals surface area contributed by atoms with Crippen LogP contribution in [0.2, 0.25) is 0 Å². The molecule has 0 saturated carbocycles. The molecular weight excluding hydrogens is 296 g/mol. The quantitative estimate of drug-likeness (QED) is 0.751. The molecule has 0 aliphatic carbocycles. The maximum absolute atomic E-state index is 12.5. The topological polar surface area (TPSA) is 104 Å². The second-order valence-corrected chi connectivity index (χ2v) is 6.77. The zero-order valence-electron chi connectivity index (χ0n) is 11.6. The molecule has 1 aliphatic rings. The van der Waals surface area contributed by atoms with Gasteiger partial charge < -0.3 is 5.11 Å². The molecule has 0 bridgehead atoms. The predicted molar refractivity (Wildman–Crippen MR) is 73.6 cm³/mol. The van der Waals surface area contributed by atoms with Gasteiger partial charge in [-0.3, -0.25) is 14.9 Å². The third-order valence-electron chi connectivity index (χ3n) is 3.34. The van der Waals surface area contributed by atoms with E-state index in [1.54, 1.807) is 6.92 Å². The number of hydrogen-bond acceptors (Lipinski definition) is 5. The van der Waals surface area contributed by atoms with Gasteiger partial charge in [0.15, 0.2) is 0 Å². The Labute approximate surface area is 122 Å². The zero-order chi connectivity index (χ0) is 15.8. The minimum atomic E-state index is -3.95. The monoisotopic (exact) mass is 312 g/mol. The van der Waals surface area contributed by atoms with E-state index >= 15 is 0 Å². The number of nitrogens with zero attached hydrogens (tertiary/aromatic N) is 1. The third-order valence-corrected chi connectivity index (χ3v) is 5.27. The Hall–Kier alpha value is -1.77. The molecule has 2 atom stereocenters. The number of amides is 2. The highest BCUT2D eigenvalue weighted by atomic mass is 32.2. The number of aliphatic hydroxyl groups is 1. The molecule has 1 aromatic carbocycles. The first-order chi connectivity index (χ1) is 9.73. The van der Waals surface area contributed by atoms with Gasteiger partial charge in [-0.05, 0) is 31.5 Å². The van der Waals surface area contributed by atoms with Crippen LogP contribution >= 0.6 is 0 Å². The summed E-state index contributed by atoms with van der Waals surface area (Å²) >= 11 is 0. The van der Waals surface area contributed by atoms with Crippen molar-refractivity contribution in [2.24, 2.45) is 0 Å². The van der Waals surface area contributed by atoms with Crippen molar-refractivity contribution in [1.82, 2.24) is 9.62 Å². The maximum Gasteiger partial charge on any atom is 0.244 e. The lowest BCUT2D eigenvalue weighted by Crippen LogP contribution is -2.58. The molecule has 8 heteroatoms. The van der Waals surface area contributed by atoms with Crippen molar-refractivity contribution in [2.75, 3.05) is 6.54 Å². The first-order valence-electron chi connectivity index (χ1n) is 6.37. The van der Waals surface area contributed by atoms with Crippen LogP contribution in [0.1, 0.15) is 25.5 Å². The van der Waals surface area contributed by atoms with Crippen LogP contribution in [0.25, 0.3) is 0 Å². The molecule has 1 aliphatic heterocycles. The molecule has 2 amide bonds. The van der Waals surface area contributed by atoms with Crippen LogP contribution in [-0.4, -0.2) is 42.2 Å². The molecule has 114 valence electrons. The van der Waals surface area contributed by atoms with E-state index < -0.39 is 40.5 Å². The first-order valence-corrected chi connectivity index (χ1v) is 7.81. The van der Waals surface area contributed by atoms with E-state index in [0.717, 1.165) is 4.31 Å². The summed E-state index contributed by atoms with van der Waals surface area (Å²) < 4.78 is 25.9. The molecule has 7 nitrogen and oxygen atoms in total. The van der Waals surface area contributed by atoms with Gasteiger partial charge in [-0.15, -0.1) is 0 Å². The van der Waals surface area contributed by atoms with Gasteiger partial charge in [-0.25, -0.2) is 8.42 Å². The molecule has 0 aromatic heterocycles. The fraction of sp³-hybridized carbons (Fsp3) is 0.385. The summed E-state index contributed by atoms with van der Waals surface area (Å²) in [5.74, 6) is -1.29. The summed E-state index contributed by atoms with van der Waals surface area (Å²) in [4.78, 5) is 22.9. The van der Waals surface area contributed by atoms with Crippen LogP contribution in [0.5, 0.6) is 0 Å². The molecule has 1 saturated heterocycles. The van der Waals surface area contributed by atoms with E-state index in [2.05, 4.69) is 5.32 Å². The molecule has 2 unspecified atom stereocenters. The number of piperazine rings is 1. The van der Waals surface area contributed by atoms with Crippen molar-refractivity contribution < 1.29 is 23.1 Å². The van der Waals surface area contributed by atoms with E-state index in [1.807, 2.05) is 0 Å². The minimum absolute atomic E-state index is 0.0266. The Kier molecular flexibility index (Phi) is 4.13. The fourth-order valence-electron chi connectivity index (χ4n) is 2.04. The van der Waals surface area contributed by atoms with Gasteiger partial charge in [-0.2, -0.15) is 4.31 Å². The number of nitrogens with one attached hydrogen (secondary N) is 1. The average Bonchev–Trinajstić information content (AvgIpc) is 2.42. The van der Waals surface area contributed by atoms with Gasteiger partial charge in [0.1, 0.15) is 6.04 Å². The van der Waals surface area contributed by atoms with E-state index in [1.165, 1.54) is 31.2 Å². The number of carbonyl (C=O) groups is 2. The van der Waals surface area contributed by atoms with Crippen molar-refractivity contribution in [3.8, 4) is 0 Å². The molecule has 0 radical (unpaired) electrons. The summed E-state index contributed by atoms with van der Waals surface area (Å²) in [6.45, 7) is 2.59. The lowest BCUT2D eigenvalue weighted by molar-refractivity contribution is -0.136. The van der Waals surface area contributed by atoms with Crippen LogP contribution < -0.4 is 5.32 Å². The minimum Gasteiger partial charge on any atom is -0.389 e. The number of benzene rings is 1. The Balaban J connectivity index is 2.36. The summed E-state index contributed by atoms with van der Waals surface area (Å²) in [6.07, 6.45) is -0.706. The Bertz CT molecular complexity index is 666. The van der Waals surface area contributed by atoms with E-state index in [0.29, 0.717) is 5.56 Å². The fourth-order valence-corrected chi connectivity index (χ4v) is 3.59. The van der Waals surface area contributed by atoms with Crippen LogP contribution in [0, 0.1) is 0 Å². The largest absolute Gasteiger partial charge is 0.389 e. The average molecular weight is 312 g/mol. The summed E-state index contributed by atoms with van der Waals surface area (Å²) in [6, 6.07) is 4.73. The molecule has 1 heterocycles. The molecule has 1 aromatic rings. The van der Waals surface area contributed by atoms with Gasteiger partial charge in [0.2, 0.25) is 21.8 Å². The standard InChI is InChI=1S/C13H16N2O5S/c1-8-13(18)14-12(17)7-15(8)21(19,20)11-5-3-10(4-6-11)9(2)16/h3-6,8-9,16H,7H2,1-2H3,(H,14,17,18). The van der Waals surface area contributed by atoms with Gasteiger partial charge in [0, 0.05) is 0 Å². The molecule has 0 spiro atoms. The number of aliphatic hydroxyl groups excluding tert-OH is 1. The van der Waals surface area contributed by atoms with Gasteiger partial charge in [0.05, 0.1) is 17.5 Å². The van der Waals surface area contributed by atoms with Crippen molar-refractivity contribution >= 4 is 21.8 Å². The number of hydrogen-bond donors (Lipinski definition) is 2. The predicted octanol–water partition coefficient (Wildman–Crippen LogP) is -0.224. The van der Waals surface area contributed by atoms with E-state index in [4.69, 9.17) is 0 Å². The lowest BCUT2D eigenvalue weighted by Gasteiger charge is -2.30. The highest BCUT2D eigenvalue weighted by Crippen LogP contribution is 2.22. The second-order valence-electron chi connectivity index (χ2n) is 4.88. The van der Waals surface area contributed by atoms with E-state index in [-0.39, 0.29) is 4.90 Å². The third kappa shape index (κ3) is 2.97. The first kappa shape index (κ1) is 15.6. The zero-order valence-corrected chi connectivity index (χ0v) is 12.4. The second kappa shape index (κ2) is 5.55. The summed E-state index contributed by atoms with van der Waals surface area (Å²) in [7, 11) is -3.95. The van der Waals surface area contributed by atoms with Gasteiger partial charge in [-0.1, -0.05) is 12.1 Å². The highest BCUT2D eigenvalue weighted by molar-refractivity contribution is 7.89. The summed E-state index contributed by atoms with van der Waals surface area (Å²) in [5, 5.41) is 11.5. The molecule has 21 heavy (non-hydrogen) atoms. The Morgan fingerprint density at radius 2 is 1.86 bits per heavy atom. The Morgan fingerprint density at radius 1 is 1.29 bits per heavy atom. The maximum atomic E-state index is 12.5. The number of imide groups is 1. The van der Waals surface area contributed by atoms with Crippen molar-refractivity contribution in [3.05, 3.63) is 29.8 Å². The van der Waals surface area contributed by atoms with Crippen molar-refractivity contribution in [1.29, 1.82) is 0 Å². The molecule has 1 fully saturated rings. The molecular formula is C13H16N2O5S.